The van der Waals surface area contributed by atoms with E-state index in [4.69, 9.17) is 10.3 Å². The number of nitrogens with zero attached hydrogens (tertiary/aromatic N) is 4. The molecule has 1 aromatic heterocycles. The van der Waals surface area contributed by atoms with Gasteiger partial charge in [-0.25, -0.2) is 4.79 Å². The maximum atomic E-state index is 12.1. The predicted octanol–water partition coefficient (Wildman–Crippen LogP) is 2.15. The largest absolute Gasteiger partial charge is 0.508 e. The zero-order valence-electron chi connectivity index (χ0n) is 14.2. The first-order chi connectivity index (χ1) is 12.5. The number of aryl methyl sites for hydroxylation is 2. The summed E-state index contributed by atoms with van der Waals surface area (Å²) in [6.07, 6.45) is 1.83. The summed E-state index contributed by atoms with van der Waals surface area (Å²) >= 11 is 0. The van der Waals surface area contributed by atoms with Crippen LogP contribution in [0.1, 0.15) is 30.2 Å². The van der Waals surface area contributed by atoms with Crippen molar-refractivity contribution in [3.8, 4) is 5.75 Å². The van der Waals surface area contributed by atoms with Crippen LogP contribution in [0.5, 0.6) is 5.75 Å². The number of nitrogens with one attached hydrogen (secondary N) is 1. The van der Waals surface area contributed by atoms with Gasteiger partial charge in [-0.1, -0.05) is 23.3 Å². The van der Waals surface area contributed by atoms with Gasteiger partial charge in [0.2, 0.25) is 0 Å². The lowest BCUT2D eigenvalue weighted by Gasteiger charge is -2.17. The molecular formula is C17H19N5O4. The second-order valence-electron chi connectivity index (χ2n) is 6.28. The molecule has 0 radical (unpaired) electrons. The van der Waals surface area contributed by atoms with Crippen molar-refractivity contribution in [1.29, 1.82) is 0 Å². The molecule has 0 spiro atoms. The van der Waals surface area contributed by atoms with Crippen molar-refractivity contribution in [3.63, 3.8) is 0 Å². The molecule has 2 heterocycles. The van der Waals surface area contributed by atoms with Gasteiger partial charge in [0, 0.05) is 23.1 Å². The summed E-state index contributed by atoms with van der Waals surface area (Å²) in [6.45, 7) is 1.60. The molecule has 1 aliphatic heterocycles. The number of hydrogen-bond acceptors (Lipinski definition) is 5. The molecule has 26 heavy (non-hydrogen) atoms. The van der Waals surface area contributed by atoms with Crippen molar-refractivity contribution in [1.82, 2.24) is 9.55 Å². The Kier molecular flexibility index (Phi) is 5.11. The van der Waals surface area contributed by atoms with Gasteiger partial charge in [-0.05, 0) is 36.9 Å². The van der Waals surface area contributed by atoms with Gasteiger partial charge >= 0.3 is 5.69 Å². The van der Waals surface area contributed by atoms with Crippen molar-refractivity contribution in [2.75, 3.05) is 0 Å². The van der Waals surface area contributed by atoms with Crippen molar-refractivity contribution >= 4 is 0 Å². The number of phenols is 1. The van der Waals surface area contributed by atoms with Crippen LogP contribution in [-0.2, 0) is 11.2 Å². The average molecular weight is 357 g/mol. The molecule has 1 aromatic carbocycles. The van der Waals surface area contributed by atoms with Crippen LogP contribution in [0.4, 0.5) is 0 Å². The van der Waals surface area contributed by atoms with Crippen molar-refractivity contribution in [2.24, 2.45) is 5.11 Å². The molecule has 1 aliphatic rings. The average Bonchev–Trinajstić information content (AvgIpc) is 3.00. The van der Waals surface area contributed by atoms with Crippen LogP contribution in [0.3, 0.4) is 0 Å². The molecule has 0 bridgehead atoms. The highest BCUT2D eigenvalue weighted by atomic mass is 16.5. The third-order valence-corrected chi connectivity index (χ3v) is 4.55. The summed E-state index contributed by atoms with van der Waals surface area (Å²) in [5.41, 5.74) is 8.98. The molecule has 1 unspecified atom stereocenters. The topological polar surface area (TPSA) is 133 Å². The molecule has 1 fully saturated rings. The van der Waals surface area contributed by atoms with Crippen LogP contribution in [0.25, 0.3) is 10.4 Å². The lowest BCUT2D eigenvalue weighted by Crippen LogP contribution is -2.33. The van der Waals surface area contributed by atoms with E-state index in [9.17, 15) is 14.7 Å². The Morgan fingerprint density at radius 2 is 2.19 bits per heavy atom. The molecule has 0 saturated carbocycles. The number of hydrogen-bond donors (Lipinski definition) is 2. The van der Waals surface area contributed by atoms with Gasteiger partial charge < -0.3 is 9.84 Å². The van der Waals surface area contributed by atoms with E-state index in [1.807, 2.05) is 12.1 Å². The molecule has 0 amide bonds. The number of benzene rings is 1. The molecule has 136 valence electrons. The Bertz CT molecular complexity index is 960. The third kappa shape index (κ3) is 3.63. The first kappa shape index (κ1) is 17.8. The van der Waals surface area contributed by atoms with Crippen LogP contribution >= 0.6 is 0 Å². The van der Waals surface area contributed by atoms with Crippen molar-refractivity contribution < 1.29 is 9.84 Å². The van der Waals surface area contributed by atoms with E-state index in [-0.39, 0.29) is 5.75 Å². The Balaban J connectivity index is 1.79. The maximum absolute atomic E-state index is 12.1. The number of phenolic OH excluding ortho intramolecular Hbond substituents is 1. The molecule has 3 atom stereocenters. The van der Waals surface area contributed by atoms with Crippen LogP contribution in [0.15, 0.2) is 45.2 Å². The predicted molar refractivity (Wildman–Crippen MR) is 93.9 cm³/mol. The Morgan fingerprint density at radius 1 is 1.42 bits per heavy atom. The molecule has 0 aliphatic carbocycles. The Morgan fingerprint density at radius 3 is 2.92 bits per heavy atom. The molecule has 3 rings (SSSR count). The highest BCUT2D eigenvalue weighted by Crippen LogP contribution is 2.33. The van der Waals surface area contributed by atoms with Gasteiger partial charge in [0.05, 0.1) is 12.1 Å². The fourth-order valence-corrected chi connectivity index (χ4v) is 3.15. The fourth-order valence-electron chi connectivity index (χ4n) is 3.15. The van der Waals surface area contributed by atoms with E-state index in [1.54, 1.807) is 19.1 Å². The normalized spacial score (nSPS) is 22.1. The summed E-state index contributed by atoms with van der Waals surface area (Å²) in [5.74, 6) is 0.204. The minimum Gasteiger partial charge on any atom is -0.508 e. The summed E-state index contributed by atoms with van der Waals surface area (Å²) in [6, 6.07) is 6.58. The highest BCUT2D eigenvalue weighted by molar-refractivity contribution is 5.31. The number of aromatic nitrogens is 2. The van der Waals surface area contributed by atoms with Gasteiger partial charge in [0.15, 0.2) is 0 Å². The lowest BCUT2D eigenvalue weighted by molar-refractivity contribution is -0.00619. The SMILES string of the molecule is Cc1cn([C@H]2CC(N=[N+]=[N-])[C@@H](CCc3ccccc3O)O2)c(=O)[nH]c1=O. The number of rotatable bonds is 5. The van der Waals surface area contributed by atoms with Gasteiger partial charge in [0.1, 0.15) is 12.0 Å². The van der Waals surface area contributed by atoms with E-state index in [0.29, 0.717) is 24.8 Å². The van der Waals surface area contributed by atoms with Crippen molar-refractivity contribution in [3.05, 3.63) is 72.9 Å². The minimum absolute atomic E-state index is 0.204. The number of para-hydroxylation sites is 1. The minimum atomic E-state index is -0.622. The summed E-state index contributed by atoms with van der Waals surface area (Å²) in [5, 5.41) is 13.7. The summed E-state index contributed by atoms with van der Waals surface area (Å²) < 4.78 is 7.26. The summed E-state index contributed by atoms with van der Waals surface area (Å²) in [4.78, 5) is 28.7. The number of aromatic hydroxyl groups is 1. The smallest absolute Gasteiger partial charge is 0.330 e. The lowest BCUT2D eigenvalue weighted by atomic mass is 10.0. The van der Waals surface area contributed by atoms with Gasteiger partial charge in [-0.3, -0.25) is 14.3 Å². The van der Waals surface area contributed by atoms with Crippen molar-refractivity contribution in [2.45, 2.75) is 44.6 Å². The highest BCUT2D eigenvalue weighted by Gasteiger charge is 2.36. The van der Waals surface area contributed by atoms with Crippen LogP contribution in [0, 0.1) is 6.92 Å². The molecule has 1 saturated heterocycles. The van der Waals surface area contributed by atoms with E-state index >= 15 is 0 Å². The zero-order chi connectivity index (χ0) is 18.7. The van der Waals surface area contributed by atoms with E-state index in [2.05, 4.69) is 15.0 Å². The van der Waals surface area contributed by atoms with E-state index < -0.39 is 29.6 Å². The molecule has 9 heteroatoms. The zero-order valence-corrected chi connectivity index (χ0v) is 14.2. The first-order valence-electron chi connectivity index (χ1n) is 8.28. The molecule has 9 nitrogen and oxygen atoms in total. The van der Waals surface area contributed by atoms with E-state index in [0.717, 1.165) is 5.56 Å². The van der Waals surface area contributed by atoms with Gasteiger partial charge in [-0.2, -0.15) is 0 Å². The molecular weight excluding hydrogens is 338 g/mol. The number of H-pyrrole nitrogens is 1. The summed E-state index contributed by atoms with van der Waals surface area (Å²) in [7, 11) is 0. The number of azide groups is 1. The van der Waals surface area contributed by atoms with E-state index in [1.165, 1.54) is 10.8 Å². The first-order valence-corrected chi connectivity index (χ1v) is 8.28. The standard InChI is InChI=1S/C17H19N5O4/c1-10-9-22(17(25)19-16(10)24)15-8-12(20-21-18)14(26-15)7-6-11-4-2-3-5-13(11)23/h2-5,9,12,14-15,23H,6-8H2,1H3,(H,19,24,25)/t12?,14-,15-/m1/s1. The Labute approximate surface area is 148 Å². The van der Waals surface area contributed by atoms with Crippen LogP contribution < -0.4 is 11.2 Å². The number of aromatic amines is 1. The number of ether oxygens (including phenoxy) is 1. The maximum Gasteiger partial charge on any atom is 0.330 e. The monoisotopic (exact) mass is 357 g/mol. The quantitative estimate of drug-likeness (QED) is 0.482. The fraction of sp³-hybridized carbons (Fsp3) is 0.412. The molecule has 2 aromatic rings. The Hall–Kier alpha value is -3.03. The van der Waals surface area contributed by atoms with Crippen LogP contribution in [0.2, 0.25) is 0 Å². The van der Waals surface area contributed by atoms with Gasteiger partial charge in [-0.15, -0.1) is 0 Å². The second-order valence-corrected chi connectivity index (χ2v) is 6.28. The third-order valence-electron chi connectivity index (χ3n) is 4.55. The van der Waals surface area contributed by atoms with Crippen LogP contribution in [-0.4, -0.2) is 26.8 Å². The molecule has 2 N–H and O–H groups in total. The van der Waals surface area contributed by atoms with Gasteiger partial charge in [0.25, 0.3) is 5.56 Å². The second kappa shape index (κ2) is 7.47.